The van der Waals surface area contributed by atoms with Gasteiger partial charge in [0, 0.05) is 0 Å². The Kier molecular flexibility index (Phi) is 4.59. The predicted molar refractivity (Wildman–Crippen MR) is 99.9 cm³/mol. The van der Waals surface area contributed by atoms with Gasteiger partial charge >= 0.3 is 6.09 Å². The normalized spacial score (nSPS) is 11.5. The third-order valence-electron chi connectivity index (χ3n) is 3.90. The average Bonchev–Trinajstić information content (AvgIpc) is 2.87. The molecule has 0 aliphatic rings. The van der Waals surface area contributed by atoms with Crippen molar-refractivity contribution in [2.45, 2.75) is 32.9 Å². The summed E-state index contributed by atoms with van der Waals surface area (Å²) in [7, 11) is 1.60. The molecule has 0 N–H and O–H groups in total. The molecule has 0 saturated heterocycles. The van der Waals surface area contributed by atoms with Crippen LogP contribution in [0.5, 0.6) is 5.75 Å². The highest BCUT2D eigenvalue weighted by Crippen LogP contribution is 2.17. The molecule has 0 spiro atoms. The summed E-state index contributed by atoms with van der Waals surface area (Å²) in [5, 5.41) is 0.479. The monoisotopic (exact) mass is 354 g/mol. The zero-order valence-corrected chi connectivity index (χ0v) is 15.4. The quantitative estimate of drug-likeness (QED) is 0.720. The molecule has 0 aliphatic heterocycles. The predicted octanol–water partition coefficient (Wildman–Crippen LogP) is 3.64. The lowest BCUT2D eigenvalue weighted by molar-refractivity contribution is 0.0499. The molecule has 0 amide bonds. The minimum absolute atomic E-state index is 0.234. The minimum atomic E-state index is -0.663. The fraction of sp³-hybridized carbons (Fsp3) is 0.300. The lowest BCUT2D eigenvalue weighted by Gasteiger charge is -2.21. The van der Waals surface area contributed by atoms with Crippen molar-refractivity contribution in [3.63, 3.8) is 0 Å². The topological polar surface area (TPSA) is 62.5 Å². The van der Waals surface area contributed by atoms with Crippen molar-refractivity contribution in [2.24, 2.45) is 0 Å². The molecule has 6 heteroatoms. The van der Waals surface area contributed by atoms with E-state index in [4.69, 9.17) is 9.47 Å². The zero-order valence-electron chi connectivity index (χ0n) is 15.4. The number of rotatable bonds is 3. The van der Waals surface area contributed by atoms with Crippen molar-refractivity contribution in [1.82, 2.24) is 9.36 Å². The van der Waals surface area contributed by atoms with Crippen LogP contribution < -0.4 is 10.3 Å². The molecule has 26 heavy (non-hydrogen) atoms. The van der Waals surface area contributed by atoms with E-state index in [9.17, 15) is 9.59 Å². The van der Waals surface area contributed by atoms with Crippen LogP contribution in [0.25, 0.3) is 10.9 Å². The highest BCUT2D eigenvalue weighted by Gasteiger charge is 2.23. The van der Waals surface area contributed by atoms with Gasteiger partial charge < -0.3 is 9.47 Å². The summed E-state index contributed by atoms with van der Waals surface area (Å²) in [5.41, 5.74) is 0.506. The Morgan fingerprint density at radius 3 is 2.31 bits per heavy atom. The molecule has 136 valence electrons. The number of aromatic nitrogens is 2. The van der Waals surface area contributed by atoms with Crippen molar-refractivity contribution in [2.75, 3.05) is 7.11 Å². The van der Waals surface area contributed by atoms with E-state index < -0.39 is 11.7 Å². The first kappa shape index (κ1) is 17.8. The summed E-state index contributed by atoms with van der Waals surface area (Å²) in [5.74, 6) is 0.730. The van der Waals surface area contributed by atoms with E-state index in [1.54, 1.807) is 52.1 Å². The highest BCUT2D eigenvalue weighted by molar-refractivity contribution is 5.87. The van der Waals surface area contributed by atoms with Gasteiger partial charge in [0.15, 0.2) is 0 Å². The lowest BCUT2D eigenvalue weighted by atomic mass is 10.2. The number of hydrogen-bond donors (Lipinski definition) is 0. The largest absolute Gasteiger partial charge is 0.497 e. The Balaban J connectivity index is 2.10. The van der Waals surface area contributed by atoms with Gasteiger partial charge in [-0.05, 0) is 50.6 Å². The summed E-state index contributed by atoms with van der Waals surface area (Å²) >= 11 is 0. The molecule has 0 atom stereocenters. The maximum absolute atomic E-state index is 12.9. The third kappa shape index (κ3) is 3.49. The molecule has 0 unspecified atom stereocenters. The van der Waals surface area contributed by atoms with Crippen LogP contribution in [0.15, 0.2) is 53.3 Å². The van der Waals surface area contributed by atoms with Crippen molar-refractivity contribution in [1.29, 1.82) is 0 Å². The summed E-state index contributed by atoms with van der Waals surface area (Å²) in [6, 6.07) is 14.4. The van der Waals surface area contributed by atoms with Crippen LogP contribution in [0.2, 0.25) is 0 Å². The van der Waals surface area contributed by atoms with Crippen LogP contribution in [0, 0.1) is 0 Å². The number of fused-ring (bicyclic) bond motifs is 1. The summed E-state index contributed by atoms with van der Waals surface area (Å²) in [6.07, 6.45) is -0.579. The molecule has 0 fully saturated rings. The van der Waals surface area contributed by atoms with Crippen molar-refractivity contribution in [3.05, 3.63) is 64.4 Å². The summed E-state index contributed by atoms with van der Waals surface area (Å²) in [6.45, 7) is 5.63. The molecule has 1 aromatic heterocycles. The van der Waals surface area contributed by atoms with Crippen LogP contribution in [0.3, 0.4) is 0 Å². The average molecular weight is 354 g/mol. The smallest absolute Gasteiger partial charge is 0.434 e. The van der Waals surface area contributed by atoms with Gasteiger partial charge in [-0.2, -0.15) is 4.68 Å². The fourth-order valence-electron chi connectivity index (χ4n) is 2.75. The molecule has 1 heterocycles. The Labute approximate surface area is 151 Å². The molecule has 0 aliphatic carbocycles. The van der Waals surface area contributed by atoms with E-state index in [-0.39, 0.29) is 12.1 Å². The minimum Gasteiger partial charge on any atom is -0.497 e. The van der Waals surface area contributed by atoms with Gasteiger partial charge in [-0.1, -0.05) is 24.3 Å². The van der Waals surface area contributed by atoms with Crippen molar-refractivity contribution < 1.29 is 14.3 Å². The molecular formula is C20H22N2O4. The van der Waals surface area contributed by atoms with Gasteiger partial charge in [0.2, 0.25) is 0 Å². The Hall–Kier alpha value is -3.02. The summed E-state index contributed by atoms with van der Waals surface area (Å²) in [4.78, 5) is 25.6. The highest BCUT2D eigenvalue weighted by atomic mass is 16.6. The number of benzene rings is 2. The molecule has 0 saturated carbocycles. The molecular weight excluding hydrogens is 332 g/mol. The van der Waals surface area contributed by atoms with Crippen LogP contribution in [0.4, 0.5) is 4.79 Å². The van der Waals surface area contributed by atoms with Crippen LogP contribution in [0.1, 0.15) is 26.3 Å². The first-order valence-electron chi connectivity index (χ1n) is 8.37. The van der Waals surface area contributed by atoms with E-state index in [0.29, 0.717) is 10.9 Å². The Morgan fingerprint density at radius 1 is 1.04 bits per heavy atom. The van der Waals surface area contributed by atoms with Crippen LogP contribution >= 0.6 is 0 Å². The van der Waals surface area contributed by atoms with Crippen LogP contribution in [-0.2, 0) is 11.3 Å². The second kappa shape index (κ2) is 6.71. The SMILES string of the molecule is COc1ccc(Cn2c(=O)c3ccccc3n2C(=O)OC(C)(C)C)cc1. The molecule has 3 rings (SSSR count). The van der Waals surface area contributed by atoms with E-state index in [0.717, 1.165) is 11.3 Å². The van der Waals surface area contributed by atoms with Gasteiger partial charge in [-0.3, -0.25) is 4.79 Å². The van der Waals surface area contributed by atoms with Gasteiger partial charge in [0.1, 0.15) is 11.4 Å². The number of ether oxygens (including phenoxy) is 2. The lowest BCUT2D eigenvalue weighted by Crippen LogP contribution is -2.33. The second-order valence-corrected chi connectivity index (χ2v) is 7.02. The number of nitrogens with zero attached hydrogens (tertiary/aromatic N) is 2. The molecule has 0 bridgehead atoms. The Bertz CT molecular complexity index is 991. The first-order valence-corrected chi connectivity index (χ1v) is 8.37. The number of methoxy groups -OCH3 is 1. The van der Waals surface area contributed by atoms with Crippen molar-refractivity contribution >= 4 is 17.0 Å². The first-order chi connectivity index (χ1) is 12.3. The molecule has 0 radical (unpaired) electrons. The molecule has 3 aromatic rings. The van der Waals surface area contributed by atoms with E-state index in [2.05, 4.69) is 0 Å². The molecule has 2 aromatic carbocycles. The number of para-hydroxylation sites is 1. The van der Waals surface area contributed by atoms with E-state index in [1.807, 2.05) is 24.3 Å². The van der Waals surface area contributed by atoms with Crippen LogP contribution in [-0.4, -0.2) is 28.2 Å². The van der Waals surface area contributed by atoms with Gasteiger partial charge in [0.25, 0.3) is 5.56 Å². The van der Waals surface area contributed by atoms with Gasteiger partial charge in [0.05, 0.1) is 24.6 Å². The second-order valence-electron chi connectivity index (χ2n) is 7.02. The third-order valence-corrected chi connectivity index (χ3v) is 3.90. The maximum atomic E-state index is 12.9. The van der Waals surface area contributed by atoms with E-state index in [1.165, 1.54) is 9.36 Å². The Morgan fingerprint density at radius 2 is 1.69 bits per heavy atom. The van der Waals surface area contributed by atoms with E-state index >= 15 is 0 Å². The standard InChI is InChI=1S/C20H22N2O4/c1-20(2,3)26-19(24)22-17-8-6-5-7-16(17)18(23)21(22)13-14-9-11-15(25-4)12-10-14/h5-12H,13H2,1-4H3. The zero-order chi connectivity index (χ0) is 18.9. The van der Waals surface area contributed by atoms with Crippen molar-refractivity contribution in [3.8, 4) is 5.75 Å². The number of carbonyl (C=O) groups excluding carboxylic acids is 1. The number of hydrogen-bond acceptors (Lipinski definition) is 4. The summed E-state index contributed by atoms with van der Waals surface area (Å²) < 4.78 is 13.4. The maximum Gasteiger partial charge on any atom is 0.434 e. The fourth-order valence-corrected chi connectivity index (χ4v) is 2.75. The number of carbonyl (C=O) groups is 1. The van der Waals surface area contributed by atoms with Gasteiger partial charge in [-0.15, -0.1) is 0 Å². The van der Waals surface area contributed by atoms with Gasteiger partial charge in [-0.25, -0.2) is 9.48 Å². The molecule has 6 nitrogen and oxygen atoms in total.